The summed E-state index contributed by atoms with van der Waals surface area (Å²) in [6.07, 6.45) is 4.04. The van der Waals surface area contributed by atoms with Crippen LogP contribution in [0.5, 0.6) is 0 Å². The highest BCUT2D eigenvalue weighted by Gasteiger charge is 2.17. The molecule has 3 amide bonds. The SMILES string of the molecule is CCNC(=O)Nc1nc2cc(-c3cccnc3)cc(C(=O)NCCCN)n2n1. The number of carbonyl (C=O) groups is 2. The minimum Gasteiger partial charge on any atom is -0.351 e. The van der Waals surface area contributed by atoms with Crippen LogP contribution in [0.15, 0.2) is 36.7 Å². The summed E-state index contributed by atoms with van der Waals surface area (Å²) >= 11 is 0. The van der Waals surface area contributed by atoms with E-state index < -0.39 is 6.03 Å². The first-order valence-corrected chi connectivity index (χ1v) is 8.96. The molecule has 0 saturated heterocycles. The molecule has 0 radical (unpaired) electrons. The van der Waals surface area contributed by atoms with Gasteiger partial charge in [0, 0.05) is 31.0 Å². The molecule has 146 valence electrons. The number of hydrogen-bond acceptors (Lipinski definition) is 6. The average molecular weight is 382 g/mol. The van der Waals surface area contributed by atoms with Crippen LogP contribution in [-0.4, -0.2) is 51.2 Å². The molecule has 0 aliphatic rings. The van der Waals surface area contributed by atoms with Crippen molar-refractivity contribution in [3.63, 3.8) is 0 Å². The highest BCUT2D eigenvalue weighted by atomic mass is 16.2. The first kappa shape index (κ1) is 19.2. The fraction of sp³-hybridized carbons (Fsp3) is 0.278. The Morgan fingerprint density at radius 2 is 2.07 bits per heavy atom. The molecule has 0 aliphatic carbocycles. The lowest BCUT2D eigenvalue weighted by atomic mass is 10.1. The summed E-state index contributed by atoms with van der Waals surface area (Å²) in [4.78, 5) is 32.9. The van der Waals surface area contributed by atoms with Gasteiger partial charge in [0.05, 0.1) is 0 Å². The maximum atomic E-state index is 12.7. The smallest absolute Gasteiger partial charge is 0.321 e. The van der Waals surface area contributed by atoms with Crippen molar-refractivity contribution in [3.05, 3.63) is 42.4 Å². The van der Waals surface area contributed by atoms with E-state index in [4.69, 9.17) is 5.73 Å². The lowest BCUT2D eigenvalue weighted by molar-refractivity contribution is 0.0946. The fourth-order valence-electron chi connectivity index (χ4n) is 2.60. The van der Waals surface area contributed by atoms with Crippen LogP contribution in [0.1, 0.15) is 23.8 Å². The molecule has 10 nitrogen and oxygen atoms in total. The summed E-state index contributed by atoms with van der Waals surface area (Å²) < 4.78 is 1.40. The summed E-state index contributed by atoms with van der Waals surface area (Å²) in [5, 5.41) is 12.2. The van der Waals surface area contributed by atoms with Gasteiger partial charge in [0.2, 0.25) is 0 Å². The van der Waals surface area contributed by atoms with Gasteiger partial charge in [0.1, 0.15) is 5.69 Å². The molecule has 0 bridgehead atoms. The van der Waals surface area contributed by atoms with E-state index in [1.807, 2.05) is 12.1 Å². The second-order valence-corrected chi connectivity index (χ2v) is 5.96. The van der Waals surface area contributed by atoms with Gasteiger partial charge in [0.15, 0.2) is 5.65 Å². The Balaban J connectivity index is 2.02. The maximum absolute atomic E-state index is 12.7. The van der Waals surface area contributed by atoms with Crippen LogP contribution in [-0.2, 0) is 0 Å². The van der Waals surface area contributed by atoms with Crippen LogP contribution in [0.25, 0.3) is 16.8 Å². The molecular formula is C18H22N8O2. The number of amides is 3. The second kappa shape index (κ2) is 8.91. The third-order valence-corrected chi connectivity index (χ3v) is 3.89. The van der Waals surface area contributed by atoms with Crippen molar-refractivity contribution in [1.82, 2.24) is 30.2 Å². The molecule has 0 aliphatic heterocycles. The zero-order chi connectivity index (χ0) is 19.9. The molecule has 0 saturated carbocycles. The summed E-state index contributed by atoms with van der Waals surface area (Å²) in [7, 11) is 0. The number of nitrogens with zero attached hydrogens (tertiary/aromatic N) is 4. The van der Waals surface area contributed by atoms with Crippen molar-refractivity contribution in [2.75, 3.05) is 25.0 Å². The average Bonchev–Trinajstić information content (AvgIpc) is 3.10. The molecule has 5 N–H and O–H groups in total. The molecule has 3 rings (SSSR count). The number of carbonyl (C=O) groups excluding carboxylic acids is 2. The number of fused-ring (bicyclic) bond motifs is 1. The summed E-state index contributed by atoms with van der Waals surface area (Å²) in [6, 6.07) is 6.78. The first-order chi connectivity index (χ1) is 13.6. The molecule has 0 unspecified atom stereocenters. The zero-order valence-corrected chi connectivity index (χ0v) is 15.5. The molecule has 0 spiro atoms. The Hall–Kier alpha value is -3.53. The van der Waals surface area contributed by atoms with Crippen LogP contribution in [0, 0.1) is 0 Å². The van der Waals surface area contributed by atoms with Gasteiger partial charge in [-0.3, -0.25) is 15.1 Å². The molecule has 3 heterocycles. The number of pyridine rings is 2. The van der Waals surface area contributed by atoms with Crippen LogP contribution >= 0.6 is 0 Å². The van der Waals surface area contributed by atoms with Gasteiger partial charge < -0.3 is 16.4 Å². The topological polar surface area (TPSA) is 139 Å². The van der Waals surface area contributed by atoms with Crippen molar-refractivity contribution in [2.45, 2.75) is 13.3 Å². The van der Waals surface area contributed by atoms with Gasteiger partial charge in [-0.1, -0.05) is 6.07 Å². The van der Waals surface area contributed by atoms with E-state index in [0.29, 0.717) is 37.4 Å². The first-order valence-electron chi connectivity index (χ1n) is 8.96. The van der Waals surface area contributed by atoms with Crippen LogP contribution < -0.4 is 21.7 Å². The summed E-state index contributed by atoms with van der Waals surface area (Å²) in [5.74, 6) is -0.205. The van der Waals surface area contributed by atoms with Crippen LogP contribution in [0.3, 0.4) is 0 Å². The Morgan fingerprint density at radius 1 is 1.21 bits per heavy atom. The second-order valence-electron chi connectivity index (χ2n) is 5.96. The molecule has 3 aromatic heterocycles. The van der Waals surface area contributed by atoms with E-state index in [2.05, 4.69) is 31.0 Å². The monoisotopic (exact) mass is 382 g/mol. The van der Waals surface area contributed by atoms with Gasteiger partial charge in [0.25, 0.3) is 11.9 Å². The standard InChI is InChI=1S/C18H22N8O2/c1-2-21-18(28)24-17-23-15-10-13(12-5-3-7-20-11-12)9-14(26(15)25-17)16(27)22-8-4-6-19/h3,5,7,9-11H,2,4,6,8,19H2,1H3,(H,22,27)(H2,21,24,25,28). The van der Waals surface area contributed by atoms with Gasteiger partial charge in [-0.25, -0.2) is 9.31 Å². The number of aromatic nitrogens is 4. The summed E-state index contributed by atoms with van der Waals surface area (Å²) in [5.41, 5.74) is 7.81. The molecule has 0 atom stereocenters. The van der Waals surface area contributed by atoms with E-state index in [0.717, 1.165) is 11.1 Å². The third-order valence-electron chi connectivity index (χ3n) is 3.89. The largest absolute Gasteiger partial charge is 0.351 e. The van der Waals surface area contributed by atoms with Gasteiger partial charge in [-0.2, -0.15) is 4.98 Å². The Morgan fingerprint density at radius 3 is 2.79 bits per heavy atom. The quantitative estimate of drug-likeness (QED) is 0.450. The molecule has 0 aromatic carbocycles. The highest BCUT2D eigenvalue weighted by Crippen LogP contribution is 2.22. The number of urea groups is 1. The predicted molar refractivity (Wildman–Crippen MR) is 105 cm³/mol. The van der Waals surface area contributed by atoms with Gasteiger partial charge >= 0.3 is 6.03 Å². The molecule has 3 aromatic rings. The van der Waals surface area contributed by atoms with Gasteiger partial charge in [-0.15, -0.1) is 5.10 Å². The third kappa shape index (κ3) is 4.41. The molecular weight excluding hydrogens is 360 g/mol. The van der Waals surface area contributed by atoms with Crippen molar-refractivity contribution in [2.24, 2.45) is 5.73 Å². The lowest BCUT2D eigenvalue weighted by Crippen LogP contribution is -2.29. The summed E-state index contributed by atoms with van der Waals surface area (Å²) in [6.45, 7) is 3.21. The normalized spacial score (nSPS) is 10.6. The van der Waals surface area contributed by atoms with Crippen molar-refractivity contribution >= 4 is 23.5 Å². The van der Waals surface area contributed by atoms with Gasteiger partial charge in [-0.05, 0) is 43.7 Å². The fourth-order valence-corrected chi connectivity index (χ4v) is 2.60. The Labute approximate surface area is 161 Å². The number of hydrogen-bond donors (Lipinski definition) is 4. The number of nitrogens with two attached hydrogens (primary N) is 1. The zero-order valence-electron chi connectivity index (χ0n) is 15.5. The minimum absolute atomic E-state index is 0.102. The predicted octanol–water partition coefficient (Wildman–Crippen LogP) is 1.01. The van der Waals surface area contributed by atoms with E-state index in [9.17, 15) is 9.59 Å². The Kier molecular flexibility index (Phi) is 6.12. The van der Waals surface area contributed by atoms with Crippen molar-refractivity contribution in [3.8, 4) is 11.1 Å². The van der Waals surface area contributed by atoms with E-state index in [1.54, 1.807) is 31.5 Å². The Bertz CT molecular complexity index is 970. The van der Waals surface area contributed by atoms with Crippen LogP contribution in [0.4, 0.5) is 10.7 Å². The minimum atomic E-state index is -0.417. The number of anilines is 1. The van der Waals surface area contributed by atoms with Crippen LogP contribution in [0.2, 0.25) is 0 Å². The number of nitrogens with one attached hydrogen (secondary N) is 3. The van der Waals surface area contributed by atoms with E-state index >= 15 is 0 Å². The van der Waals surface area contributed by atoms with Crippen molar-refractivity contribution in [1.29, 1.82) is 0 Å². The van der Waals surface area contributed by atoms with E-state index in [-0.39, 0.29) is 11.9 Å². The molecule has 10 heteroatoms. The molecule has 28 heavy (non-hydrogen) atoms. The van der Waals surface area contributed by atoms with Crippen molar-refractivity contribution < 1.29 is 9.59 Å². The highest BCUT2D eigenvalue weighted by molar-refractivity contribution is 5.95. The van der Waals surface area contributed by atoms with E-state index in [1.165, 1.54) is 4.52 Å². The lowest BCUT2D eigenvalue weighted by Gasteiger charge is -2.08. The number of rotatable bonds is 7. The maximum Gasteiger partial charge on any atom is 0.321 e. The molecule has 0 fully saturated rings.